The van der Waals surface area contributed by atoms with Crippen LogP contribution in [0.25, 0.3) is 0 Å². The number of esters is 2. The van der Waals surface area contributed by atoms with E-state index in [0.29, 0.717) is 12.2 Å². The van der Waals surface area contributed by atoms with Crippen molar-refractivity contribution in [2.45, 2.75) is 20.8 Å². The molecule has 0 aliphatic carbocycles. The molecule has 0 aromatic carbocycles. The maximum absolute atomic E-state index is 11.0. The number of likely N-dealkylation sites (N-methyl/N-ethyl adjacent to an activating group) is 1. The van der Waals surface area contributed by atoms with Crippen molar-refractivity contribution in [3.05, 3.63) is 24.8 Å². The zero-order chi connectivity index (χ0) is 15.3. The zero-order valence-electron chi connectivity index (χ0n) is 12.4. The molecule has 0 rings (SSSR count). The minimum Gasteiger partial charge on any atom is -0.466 e. The van der Waals surface area contributed by atoms with Gasteiger partial charge in [0.1, 0.15) is 6.61 Å². The fourth-order valence-electron chi connectivity index (χ4n) is 1.01. The van der Waals surface area contributed by atoms with Gasteiger partial charge in [-0.1, -0.05) is 27.0 Å². The molecule has 0 spiro atoms. The topological polar surface area (TPSA) is 55.8 Å². The first-order chi connectivity index (χ1) is 8.92. The molecule has 110 valence electrons. The van der Waals surface area contributed by atoms with Gasteiger partial charge in [0.25, 0.3) is 0 Å². The van der Waals surface area contributed by atoms with Crippen LogP contribution in [0.15, 0.2) is 24.8 Å². The molecule has 0 unspecified atom stereocenters. The molecule has 0 saturated heterocycles. The van der Waals surface area contributed by atoms with Crippen molar-refractivity contribution >= 4 is 11.9 Å². The van der Waals surface area contributed by atoms with Gasteiger partial charge in [0.2, 0.25) is 0 Å². The lowest BCUT2D eigenvalue weighted by atomic mass is 10.4. The van der Waals surface area contributed by atoms with Crippen LogP contribution in [0.2, 0.25) is 0 Å². The third kappa shape index (κ3) is 12.6. The van der Waals surface area contributed by atoms with Crippen LogP contribution in [0.4, 0.5) is 0 Å². The van der Waals surface area contributed by atoms with Crippen LogP contribution in [0.1, 0.15) is 20.8 Å². The van der Waals surface area contributed by atoms with E-state index in [2.05, 4.69) is 36.6 Å². The second-order valence-electron chi connectivity index (χ2n) is 3.67. The molecule has 0 aromatic rings. The summed E-state index contributed by atoms with van der Waals surface area (Å²) in [5.41, 5.74) is 0.458. The fraction of sp³-hybridized carbons (Fsp3) is 0.571. The second kappa shape index (κ2) is 12.8. The molecular weight excluding hydrogens is 246 g/mol. The summed E-state index contributed by atoms with van der Waals surface area (Å²) in [6, 6.07) is 0. The van der Waals surface area contributed by atoms with Crippen LogP contribution in [0.5, 0.6) is 0 Å². The van der Waals surface area contributed by atoms with Gasteiger partial charge in [-0.3, -0.25) is 0 Å². The van der Waals surface area contributed by atoms with Gasteiger partial charge in [-0.25, -0.2) is 9.59 Å². The van der Waals surface area contributed by atoms with Crippen LogP contribution < -0.4 is 0 Å². The number of nitrogens with zero attached hydrogens (tertiary/aromatic N) is 1. The maximum atomic E-state index is 11.0. The number of hydrogen-bond donors (Lipinski definition) is 0. The van der Waals surface area contributed by atoms with Crippen molar-refractivity contribution in [1.29, 1.82) is 0 Å². The van der Waals surface area contributed by atoms with Crippen molar-refractivity contribution in [2.24, 2.45) is 0 Å². The maximum Gasteiger partial charge on any atom is 0.333 e. The Labute approximate surface area is 115 Å². The van der Waals surface area contributed by atoms with E-state index < -0.39 is 5.97 Å². The standard InChI is InChI=1S/C10H19NO2.C4H6O2/c1-5-11(6-2)7-8-13-10(12)9(3)4;1-3-4(5)6-2/h3,5-8H2,1-2,4H3;3H,1H2,2H3. The van der Waals surface area contributed by atoms with E-state index in [1.807, 2.05) is 0 Å². The van der Waals surface area contributed by atoms with Gasteiger partial charge in [-0.05, 0) is 20.0 Å². The van der Waals surface area contributed by atoms with Crippen LogP contribution >= 0.6 is 0 Å². The molecule has 0 aliphatic rings. The van der Waals surface area contributed by atoms with E-state index in [1.165, 1.54) is 7.11 Å². The average molecular weight is 271 g/mol. The van der Waals surface area contributed by atoms with E-state index in [1.54, 1.807) is 6.92 Å². The monoisotopic (exact) mass is 271 g/mol. The van der Waals surface area contributed by atoms with Crippen molar-refractivity contribution in [1.82, 2.24) is 4.90 Å². The van der Waals surface area contributed by atoms with Crippen molar-refractivity contribution in [3.63, 3.8) is 0 Å². The number of methoxy groups -OCH3 is 1. The summed E-state index contributed by atoms with van der Waals surface area (Å²) in [4.78, 5) is 23.0. The predicted octanol–water partition coefficient (Wildman–Crippen LogP) is 1.79. The first-order valence-electron chi connectivity index (χ1n) is 6.18. The molecule has 5 nitrogen and oxygen atoms in total. The van der Waals surface area contributed by atoms with E-state index >= 15 is 0 Å². The Morgan fingerprint density at radius 2 is 1.79 bits per heavy atom. The highest BCUT2D eigenvalue weighted by atomic mass is 16.5. The van der Waals surface area contributed by atoms with E-state index in [-0.39, 0.29) is 5.97 Å². The molecule has 0 atom stereocenters. The fourth-order valence-corrected chi connectivity index (χ4v) is 1.01. The largest absolute Gasteiger partial charge is 0.466 e. The molecule has 0 radical (unpaired) electrons. The molecule has 0 amide bonds. The molecular formula is C14H25NO4. The molecule has 0 aromatic heterocycles. The molecule has 0 aliphatic heterocycles. The smallest absolute Gasteiger partial charge is 0.333 e. The lowest BCUT2D eigenvalue weighted by Crippen LogP contribution is -2.27. The minimum atomic E-state index is -0.394. The number of rotatable bonds is 7. The van der Waals surface area contributed by atoms with E-state index in [9.17, 15) is 9.59 Å². The van der Waals surface area contributed by atoms with Crippen LogP contribution in [-0.2, 0) is 19.1 Å². The highest BCUT2D eigenvalue weighted by Gasteiger charge is 2.04. The summed E-state index contributed by atoms with van der Waals surface area (Å²) in [6.07, 6.45) is 1.11. The Bertz CT molecular complexity index is 296. The summed E-state index contributed by atoms with van der Waals surface area (Å²) in [5.74, 6) is -0.692. The Morgan fingerprint density at radius 3 is 2.05 bits per heavy atom. The molecule has 5 heteroatoms. The quantitative estimate of drug-likeness (QED) is 0.522. The zero-order valence-corrected chi connectivity index (χ0v) is 12.4. The lowest BCUT2D eigenvalue weighted by molar-refractivity contribution is -0.139. The third-order valence-electron chi connectivity index (χ3n) is 2.25. The summed E-state index contributed by atoms with van der Waals surface area (Å²) >= 11 is 0. The van der Waals surface area contributed by atoms with Crippen LogP contribution in [-0.4, -0.2) is 50.2 Å². The SMILES string of the molecule is C=C(C)C(=O)OCCN(CC)CC.C=CC(=O)OC. The Kier molecular flexibility index (Phi) is 13.3. The van der Waals surface area contributed by atoms with Crippen LogP contribution in [0, 0.1) is 0 Å². The number of ether oxygens (including phenoxy) is 2. The van der Waals surface area contributed by atoms with Crippen LogP contribution in [0.3, 0.4) is 0 Å². The van der Waals surface area contributed by atoms with Gasteiger partial charge in [0, 0.05) is 18.2 Å². The summed E-state index contributed by atoms with van der Waals surface area (Å²) in [7, 11) is 1.31. The first kappa shape index (κ1) is 19.7. The van der Waals surface area contributed by atoms with Crippen molar-refractivity contribution in [3.8, 4) is 0 Å². The summed E-state index contributed by atoms with van der Waals surface area (Å²) < 4.78 is 9.10. The normalized spacial score (nSPS) is 9.11. The Morgan fingerprint density at radius 1 is 1.26 bits per heavy atom. The first-order valence-corrected chi connectivity index (χ1v) is 6.18. The Balaban J connectivity index is 0. The number of carbonyl (C=O) groups excluding carboxylic acids is 2. The number of hydrogen-bond acceptors (Lipinski definition) is 5. The molecule has 0 saturated carbocycles. The van der Waals surface area contributed by atoms with E-state index in [0.717, 1.165) is 25.7 Å². The molecule has 0 bridgehead atoms. The third-order valence-corrected chi connectivity index (χ3v) is 2.25. The molecule has 0 N–H and O–H groups in total. The van der Waals surface area contributed by atoms with Gasteiger partial charge in [-0.15, -0.1) is 0 Å². The van der Waals surface area contributed by atoms with Gasteiger partial charge >= 0.3 is 11.9 Å². The average Bonchev–Trinajstić information content (AvgIpc) is 2.42. The van der Waals surface area contributed by atoms with Crippen molar-refractivity contribution in [2.75, 3.05) is 33.4 Å². The van der Waals surface area contributed by atoms with Crippen molar-refractivity contribution < 1.29 is 19.1 Å². The summed E-state index contributed by atoms with van der Waals surface area (Å²) in [6.45, 7) is 15.7. The summed E-state index contributed by atoms with van der Waals surface area (Å²) in [5, 5.41) is 0. The number of carbonyl (C=O) groups is 2. The predicted molar refractivity (Wildman–Crippen MR) is 75.8 cm³/mol. The highest BCUT2D eigenvalue weighted by molar-refractivity contribution is 5.86. The Hall–Kier alpha value is -1.62. The second-order valence-corrected chi connectivity index (χ2v) is 3.67. The van der Waals surface area contributed by atoms with E-state index in [4.69, 9.17) is 4.74 Å². The van der Waals surface area contributed by atoms with Gasteiger partial charge in [0.15, 0.2) is 0 Å². The van der Waals surface area contributed by atoms with Gasteiger partial charge in [0.05, 0.1) is 7.11 Å². The minimum absolute atomic E-state index is 0.299. The lowest BCUT2D eigenvalue weighted by Gasteiger charge is -2.17. The van der Waals surface area contributed by atoms with Gasteiger partial charge in [-0.2, -0.15) is 0 Å². The molecule has 0 heterocycles. The molecule has 0 fully saturated rings. The van der Waals surface area contributed by atoms with Gasteiger partial charge < -0.3 is 14.4 Å². The molecule has 19 heavy (non-hydrogen) atoms. The highest BCUT2D eigenvalue weighted by Crippen LogP contribution is 1.93.